The number of hydrogen-bond acceptors (Lipinski definition) is 5. The number of nitrogens with zero attached hydrogens (tertiary/aromatic N) is 3. The van der Waals surface area contributed by atoms with Crippen molar-refractivity contribution in [3.05, 3.63) is 11.0 Å². The highest BCUT2D eigenvalue weighted by Crippen LogP contribution is 2.50. The summed E-state index contributed by atoms with van der Waals surface area (Å²) in [6.45, 7) is 0.876. The molecule has 1 aromatic heterocycles. The number of rotatable bonds is 1. The van der Waals surface area contributed by atoms with E-state index in [1.165, 1.54) is 11.3 Å². The molecule has 0 aromatic carbocycles. The van der Waals surface area contributed by atoms with Crippen LogP contribution in [0.1, 0.15) is 37.8 Å². The van der Waals surface area contributed by atoms with Crippen LogP contribution in [0.25, 0.3) is 0 Å². The smallest absolute Gasteiger partial charge is 0.224 e. The molecular weight excluding hydrogens is 294 g/mol. The van der Waals surface area contributed by atoms with Crippen molar-refractivity contribution in [3.63, 3.8) is 0 Å². The van der Waals surface area contributed by atoms with Crippen molar-refractivity contribution in [3.8, 4) is 0 Å². The number of aliphatic hydroxyl groups excluding tert-OH is 1. The van der Waals surface area contributed by atoms with E-state index in [4.69, 9.17) is 11.6 Å². The molecule has 6 heteroatoms. The second-order valence-corrected chi connectivity index (χ2v) is 7.40. The standard InChI is InChI=1S/C14H18ClN3OS/c15-13-16-9-3-1-8-20-11(9)12(17-13)18-7-4-10(19)14(18)5-2-6-14/h10,19H,1-8H2. The normalized spacial score (nSPS) is 27.5. The summed E-state index contributed by atoms with van der Waals surface area (Å²) in [6, 6.07) is 0. The average Bonchev–Trinajstić information content (AvgIpc) is 2.75. The lowest BCUT2D eigenvalue weighted by atomic mass is 9.73. The fraction of sp³-hybridized carbons (Fsp3) is 0.714. The van der Waals surface area contributed by atoms with Gasteiger partial charge >= 0.3 is 0 Å². The Kier molecular flexibility index (Phi) is 3.13. The van der Waals surface area contributed by atoms with Crippen molar-refractivity contribution in [1.82, 2.24) is 9.97 Å². The SMILES string of the molecule is OC1CCN(c2nc(Cl)nc3c2SCCC3)C12CCC2. The summed E-state index contributed by atoms with van der Waals surface area (Å²) in [7, 11) is 0. The highest BCUT2D eigenvalue weighted by molar-refractivity contribution is 7.99. The van der Waals surface area contributed by atoms with E-state index in [1.54, 1.807) is 0 Å². The molecule has 0 radical (unpaired) electrons. The first-order valence-corrected chi connectivity index (χ1v) is 8.72. The minimum absolute atomic E-state index is 0.0799. The third-order valence-corrected chi connectivity index (χ3v) is 6.32. The third kappa shape index (κ3) is 1.79. The predicted molar refractivity (Wildman–Crippen MR) is 80.6 cm³/mol. The zero-order chi connectivity index (χ0) is 13.7. The molecule has 1 unspecified atom stereocenters. The van der Waals surface area contributed by atoms with Gasteiger partial charge in [0.15, 0.2) is 0 Å². The van der Waals surface area contributed by atoms with Gasteiger partial charge in [-0.3, -0.25) is 0 Å². The first-order chi connectivity index (χ1) is 9.71. The minimum Gasteiger partial charge on any atom is -0.391 e. The van der Waals surface area contributed by atoms with Gasteiger partial charge in [0.2, 0.25) is 5.28 Å². The van der Waals surface area contributed by atoms with Gasteiger partial charge in [-0.05, 0) is 55.9 Å². The Labute approximate surface area is 127 Å². The average molecular weight is 312 g/mol. The van der Waals surface area contributed by atoms with E-state index in [9.17, 15) is 5.11 Å². The van der Waals surface area contributed by atoms with Gasteiger partial charge < -0.3 is 10.0 Å². The Balaban J connectivity index is 1.80. The number of aliphatic hydroxyl groups is 1. The van der Waals surface area contributed by atoms with Crippen molar-refractivity contribution in [2.24, 2.45) is 0 Å². The van der Waals surface area contributed by atoms with E-state index in [-0.39, 0.29) is 11.6 Å². The van der Waals surface area contributed by atoms with Crippen molar-refractivity contribution >= 4 is 29.2 Å². The molecule has 1 aliphatic carbocycles. The summed E-state index contributed by atoms with van der Waals surface area (Å²) in [4.78, 5) is 12.4. The summed E-state index contributed by atoms with van der Waals surface area (Å²) >= 11 is 7.97. The maximum absolute atomic E-state index is 10.4. The van der Waals surface area contributed by atoms with Crippen molar-refractivity contribution in [1.29, 1.82) is 0 Å². The minimum atomic E-state index is -0.228. The van der Waals surface area contributed by atoms with Crippen molar-refractivity contribution in [2.45, 2.75) is 55.1 Å². The Morgan fingerprint density at radius 2 is 2.15 bits per heavy atom. The van der Waals surface area contributed by atoms with E-state index in [1.807, 2.05) is 11.8 Å². The van der Waals surface area contributed by atoms with E-state index >= 15 is 0 Å². The zero-order valence-electron chi connectivity index (χ0n) is 11.3. The van der Waals surface area contributed by atoms with Crippen LogP contribution in [-0.4, -0.2) is 39.0 Å². The predicted octanol–water partition coefficient (Wildman–Crippen LogP) is 2.66. The Morgan fingerprint density at radius 3 is 2.90 bits per heavy atom. The van der Waals surface area contributed by atoms with Crippen molar-refractivity contribution < 1.29 is 5.11 Å². The van der Waals surface area contributed by atoms with E-state index in [0.717, 1.165) is 55.9 Å². The lowest BCUT2D eigenvalue weighted by Gasteiger charge is -2.48. The fourth-order valence-corrected chi connectivity index (χ4v) is 5.02. The van der Waals surface area contributed by atoms with E-state index in [2.05, 4.69) is 14.9 Å². The van der Waals surface area contributed by atoms with E-state index < -0.39 is 0 Å². The van der Waals surface area contributed by atoms with Gasteiger partial charge in [-0.1, -0.05) is 0 Å². The van der Waals surface area contributed by atoms with Crippen LogP contribution in [-0.2, 0) is 6.42 Å². The number of aryl methyl sites for hydroxylation is 1. The molecule has 1 atom stereocenters. The molecule has 2 aliphatic heterocycles. The first kappa shape index (κ1) is 13.2. The molecular formula is C14H18ClN3OS. The summed E-state index contributed by atoms with van der Waals surface area (Å²) in [5.41, 5.74) is 1.01. The van der Waals surface area contributed by atoms with Gasteiger partial charge in [0, 0.05) is 6.54 Å². The van der Waals surface area contributed by atoms with Gasteiger partial charge in [0.25, 0.3) is 0 Å². The molecule has 3 heterocycles. The van der Waals surface area contributed by atoms with Crippen molar-refractivity contribution in [2.75, 3.05) is 17.2 Å². The van der Waals surface area contributed by atoms with Gasteiger partial charge in [-0.25, -0.2) is 4.98 Å². The second-order valence-electron chi connectivity index (χ2n) is 5.96. The number of anilines is 1. The summed E-state index contributed by atoms with van der Waals surface area (Å²) in [5, 5.41) is 10.7. The molecule has 4 nitrogen and oxygen atoms in total. The highest BCUT2D eigenvalue weighted by atomic mass is 35.5. The van der Waals surface area contributed by atoms with Crippen LogP contribution in [0.4, 0.5) is 5.82 Å². The van der Waals surface area contributed by atoms with Crippen LogP contribution in [0.15, 0.2) is 4.90 Å². The first-order valence-electron chi connectivity index (χ1n) is 7.36. The third-order valence-electron chi connectivity index (χ3n) is 4.95. The quantitative estimate of drug-likeness (QED) is 0.808. The number of aromatic nitrogens is 2. The Hall–Kier alpha value is -0.520. The lowest BCUT2D eigenvalue weighted by Crippen LogP contribution is -2.56. The number of thioether (sulfide) groups is 1. The molecule has 2 fully saturated rings. The second kappa shape index (κ2) is 4.75. The lowest BCUT2D eigenvalue weighted by molar-refractivity contribution is 0.0579. The van der Waals surface area contributed by atoms with Crippen LogP contribution in [0, 0.1) is 0 Å². The van der Waals surface area contributed by atoms with Gasteiger partial charge in [0.05, 0.1) is 22.2 Å². The van der Waals surface area contributed by atoms with Crippen LogP contribution >= 0.6 is 23.4 Å². The molecule has 1 saturated heterocycles. The number of fused-ring (bicyclic) bond motifs is 1. The summed E-state index contributed by atoms with van der Waals surface area (Å²) < 4.78 is 0. The highest BCUT2D eigenvalue weighted by Gasteiger charge is 2.53. The molecule has 108 valence electrons. The van der Waals surface area contributed by atoms with Crippen LogP contribution < -0.4 is 4.90 Å². The zero-order valence-corrected chi connectivity index (χ0v) is 12.9. The van der Waals surface area contributed by atoms with Crippen LogP contribution in [0.5, 0.6) is 0 Å². The molecule has 1 saturated carbocycles. The van der Waals surface area contributed by atoms with Gasteiger partial charge in [-0.2, -0.15) is 4.98 Å². The molecule has 20 heavy (non-hydrogen) atoms. The largest absolute Gasteiger partial charge is 0.391 e. The summed E-state index contributed by atoms with van der Waals surface area (Å²) in [5.74, 6) is 2.09. The Bertz CT molecular complexity index is 549. The number of hydrogen-bond donors (Lipinski definition) is 1. The Morgan fingerprint density at radius 1 is 1.30 bits per heavy atom. The topological polar surface area (TPSA) is 49.2 Å². The van der Waals surface area contributed by atoms with Gasteiger partial charge in [-0.15, -0.1) is 11.8 Å². The summed E-state index contributed by atoms with van der Waals surface area (Å²) in [6.07, 6.45) is 6.07. The molecule has 1 spiro atoms. The maximum atomic E-state index is 10.4. The molecule has 1 N–H and O–H groups in total. The molecule has 0 amide bonds. The fourth-order valence-electron chi connectivity index (χ4n) is 3.75. The maximum Gasteiger partial charge on any atom is 0.224 e. The molecule has 1 aromatic rings. The molecule has 3 aliphatic rings. The molecule has 0 bridgehead atoms. The monoisotopic (exact) mass is 311 g/mol. The van der Waals surface area contributed by atoms with E-state index in [0.29, 0.717) is 5.28 Å². The van der Waals surface area contributed by atoms with Crippen LogP contribution in [0.3, 0.4) is 0 Å². The van der Waals surface area contributed by atoms with Gasteiger partial charge in [0.1, 0.15) is 5.82 Å². The number of halogens is 1. The molecule has 4 rings (SSSR count). The van der Waals surface area contributed by atoms with Crippen LogP contribution in [0.2, 0.25) is 5.28 Å².